The molecule has 0 aliphatic carbocycles. The van der Waals surface area contributed by atoms with Gasteiger partial charge in [0.05, 0.1) is 33.5 Å². The van der Waals surface area contributed by atoms with Crippen molar-refractivity contribution >= 4 is 34.6 Å². The first-order chi connectivity index (χ1) is 14.9. The summed E-state index contributed by atoms with van der Waals surface area (Å²) in [6.07, 6.45) is 5.89. The number of aliphatic hydroxyl groups excluding tert-OH is 1. The van der Waals surface area contributed by atoms with Gasteiger partial charge in [-0.25, -0.2) is 9.97 Å². The number of halogens is 1. The summed E-state index contributed by atoms with van der Waals surface area (Å²) in [6.45, 7) is 4.60. The number of hydrogen-bond donors (Lipinski definition) is 1. The summed E-state index contributed by atoms with van der Waals surface area (Å²) < 4.78 is 1.92. The fourth-order valence-corrected chi connectivity index (χ4v) is 4.81. The van der Waals surface area contributed by atoms with E-state index in [1.54, 1.807) is 48.6 Å². The van der Waals surface area contributed by atoms with Gasteiger partial charge >= 0.3 is 0 Å². The van der Waals surface area contributed by atoms with E-state index in [1.165, 1.54) is 11.3 Å². The van der Waals surface area contributed by atoms with E-state index >= 15 is 0 Å². The van der Waals surface area contributed by atoms with Crippen molar-refractivity contribution in [2.45, 2.75) is 32.9 Å². The number of hydrogen-bond acceptors (Lipinski definition) is 6. The minimum absolute atomic E-state index is 0.0849. The molecule has 9 heteroatoms. The van der Waals surface area contributed by atoms with Gasteiger partial charge in [0.1, 0.15) is 0 Å². The number of aliphatic hydroxyl groups is 1. The Morgan fingerprint density at radius 1 is 1.23 bits per heavy atom. The topological polar surface area (TPSA) is 88.3 Å². The third kappa shape index (κ3) is 4.13. The Morgan fingerprint density at radius 3 is 2.58 bits per heavy atom. The van der Waals surface area contributed by atoms with E-state index < -0.39 is 17.7 Å². The molecule has 0 fully saturated rings. The van der Waals surface area contributed by atoms with Crippen LogP contribution in [0.15, 0.2) is 54.3 Å². The Hall–Kier alpha value is -2.97. The second kappa shape index (κ2) is 8.64. The molecule has 1 aliphatic heterocycles. The lowest BCUT2D eigenvalue weighted by molar-refractivity contribution is -0.129. The molecule has 2 aromatic heterocycles. The van der Waals surface area contributed by atoms with Gasteiger partial charge < -0.3 is 14.6 Å². The van der Waals surface area contributed by atoms with E-state index in [-0.39, 0.29) is 11.4 Å². The maximum atomic E-state index is 13.4. The number of carbonyl (C=O) groups is 2. The number of aromatic nitrogens is 3. The number of benzene rings is 1. The first-order valence-electron chi connectivity index (χ1n) is 9.81. The van der Waals surface area contributed by atoms with Crippen LogP contribution in [-0.2, 0) is 11.3 Å². The van der Waals surface area contributed by atoms with Gasteiger partial charge in [-0.1, -0.05) is 23.7 Å². The predicted molar refractivity (Wildman–Crippen MR) is 118 cm³/mol. The first-order valence-corrected chi connectivity index (χ1v) is 11.0. The van der Waals surface area contributed by atoms with Gasteiger partial charge in [-0.05, 0) is 38.0 Å². The normalized spacial score (nSPS) is 16.4. The minimum atomic E-state index is -0.693. The molecule has 31 heavy (non-hydrogen) atoms. The number of Topliss-reactive ketones (excluding diaryl/α,β-unsaturated/α-hetero) is 1. The van der Waals surface area contributed by atoms with Crippen LogP contribution < -0.4 is 0 Å². The molecule has 1 aromatic carbocycles. The largest absolute Gasteiger partial charge is 0.503 e. The van der Waals surface area contributed by atoms with Crippen molar-refractivity contribution in [2.75, 3.05) is 6.54 Å². The third-order valence-electron chi connectivity index (χ3n) is 5.22. The summed E-state index contributed by atoms with van der Waals surface area (Å²) in [5.41, 5.74) is 1.39. The first kappa shape index (κ1) is 21.3. The molecule has 1 amide bonds. The molecule has 0 bridgehead atoms. The summed E-state index contributed by atoms with van der Waals surface area (Å²) in [4.78, 5) is 36.8. The molecule has 0 saturated carbocycles. The fraction of sp³-hybridized carbons (Fsp3) is 0.273. The third-order valence-corrected chi connectivity index (χ3v) is 6.54. The Kier molecular flexibility index (Phi) is 5.93. The molecule has 3 aromatic rings. The smallest absolute Gasteiger partial charge is 0.290 e. The Labute approximate surface area is 188 Å². The number of rotatable bonds is 7. The molecule has 1 N–H and O–H groups in total. The summed E-state index contributed by atoms with van der Waals surface area (Å²) in [5, 5.41) is 12.0. The number of carbonyl (C=O) groups excluding carboxylic acids is 2. The molecule has 0 radical (unpaired) electrons. The Bertz CT molecular complexity index is 1150. The van der Waals surface area contributed by atoms with E-state index in [1.807, 2.05) is 17.7 Å². The zero-order valence-corrected chi connectivity index (χ0v) is 18.7. The molecule has 7 nitrogen and oxygen atoms in total. The van der Waals surface area contributed by atoms with Gasteiger partial charge in [-0.15, -0.1) is 11.3 Å². The molecule has 4 rings (SSSR count). The second-order valence-corrected chi connectivity index (χ2v) is 8.99. The fourth-order valence-electron chi connectivity index (χ4n) is 3.81. The minimum Gasteiger partial charge on any atom is -0.503 e. The number of aryl methyl sites for hydroxylation is 3. The number of nitrogens with zero attached hydrogens (tertiary/aromatic N) is 4. The van der Waals surface area contributed by atoms with Crippen LogP contribution in [0.4, 0.5) is 0 Å². The van der Waals surface area contributed by atoms with Gasteiger partial charge in [0.2, 0.25) is 5.78 Å². The van der Waals surface area contributed by atoms with Crippen LogP contribution in [-0.4, -0.2) is 42.8 Å². The highest BCUT2D eigenvalue weighted by molar-refractivity contribution is 7.14. The zero-order chi connectivity index (χ0) is 22.1. The van der Waals surface area contributed by atoms with Crippen LogP contribution in [0.5, 0.6) is 0 Å². The number of imidazole rings is 1. The van der Waals surface area contributed by atoms with Crippen molar-refractivity contribution in [1.82, 2.24) is 19.4 Å². The van der Waals surface area contributed by atoms with Crippen LogP contribution in [0.3, 0.4) is 0 Å². The molecule has 1 atom stereocenters. The molecule has 0 spiro atoms. The highest BCUT2D eigenvalue weighted by Gasteiger charge is 2.44. The molecule has 1 aliphatic rings. The lowest BCUT2D eigenvalue weighted by Crippen LogP contribution is -2.32. The van der Waals surface area contributed by atoms with Crippen LogP contribution in [0, 0.1) is 13.8 Å². The lowest BCUT2D eigenvalue weighted by atomic mass is 9.95. The van der Waals surface area contributed by atoms with E-state index in [0.717, 1.165) is 5.01 Å². The summed E-state index contributed by atoms with van der Waals surface area (Å²) in [6, 6.07) is 6.29. The van der Waals surface area contributed by atoms with Gasteiger partial charge in [0.25, 0.3) is 5.91 Å². The zero-order valence-electron chi connectivity index (χ0n) is 17.1. The lowest BCUT2D eigenvalue weighted by Gasteiger charge is -2.27. The van der Waals surface area contributed by atoms with E-state index in [0.29, 0.717) is 40.7 Å². The average Bonchev–Trinajstić information content (AvgIpc) is 3.43. The number of amides is 1. The highest BCUT2D eigenvalue weighted by Crippen LogP contribution is 2.40. The van der Waals surface area contributed by atoms with Crippen LogP contribution in [0.25, 0.3) is 0 Å². The maximum Gasteiger partial charge on any atom is 0.290 e. The summed E-state index contributed by atoms with van der Waals surface area (Å²) in [7, 11) is 0. The van der Waals surface area contributed by atoms with Crippen molar-refractivity contribution in [3.8, 4) is 0 Å². The van der Waals surface area contributed by atoms with Gasteiger partial charge in [0, 0.05) is 30.5 Å². The number of ketones is 1. The van der Waals surface area contributed by atoms with Gasteiger partial charge in [0.15, 0.2) is 5.76 Å². The van der Waals surface area contributed by atoms with Crippen molar-refractivity contribution in [3.63, 3.8) is 0 Å². The van der Waals surface area contributed by atoms with E-state index in [2.05, 4.69) is 9.97 Å². The van der Waals surface area contributed by atoms with Crippen molar-refractivity contribution in [2.24, 2.45) is 0 Å². The van der Waals surface area contributed by atoms with Crippen molar-refractivity contribution in [3.05, 3.63) is 80.5 Å². The molecule has 0 unspecified atom stereocenters. The monoisotopic (exact) mass is 456 g/mol. The highest BCUT2D eigenvalue weighted by atomic mass is 35.5. The van der Waals surface area contributed by atoms with E-state index in [4.69, 9.17) is 11.6 Å². The van der Waals surface area contributed by atoms with Crippen molar-refractivity contribution < 1.29 is 14.7 Å². The van der Waals surface area contributed by atoms with Gasteiger partial charge in [-0.3, -0.25) is 9.59 Å². The molecular weight excluding hydrogens is 436 g/mol. The van der Waals surface area contributed by atoms with Crippen LogP contribution >= 0.6 is 22.9 Å². The molecule has 3 heterocycles. The van der Waals surface area contributed by atoms with Crippen molar-refractivity contribution in [1.29, 1.82) is 0 Å². The molecule has 0 saturated heterocycles. The predicted octanol–water partition coefficient (Wildman–Crippen LogP) is 4.28. The Balaban J connectivity index is 1.69. The van der Waals surface area contributed by atoms with Crippen LogP contribution in [0.1, 0.15) is 38.4 Å². The Morgan fingerprint density at radius 2 is 1.97 bits per heavy atom. The van der Waals surface area contributed by atoms with Crippen LogP contribution in [0.2, 0.25) is 5.02 Å². The SMILES string of the molecule is Cc1nc(C)c(C(=O)C2=C(O)C(=O)N(CCCn3ccnc3)[C@H]2c2ccc(Cl)cc2)s1. The second-order valence-electron chi connectivity index (χ2n) is 7.35. The molecular formula is C22H21ClN4O3S. The standard InChI is InChI=1S/C22H21ClN4O3S/c1-13-21(31-14(2)25-13)19(28)17-18(15-4-6-16(23)7-5-15)27(22(30)20(17)29)10-3-9-26-11-8-24-12-26/h4-8,11-12,18,29H,3,9-10H2,1-2H3/t18-/m0/s1. The number of thiazole rings is 1. The van der Waals surface area contributed by atoms with Gasteiger partial charge in [-0.2, -0.15) is 0 Å². The van der Waals surface area contributed by atoms with E-state index in [9.17, 15) is 14.7 Å². The molecule has 160 valence electrons. The quantitative estimate of drug-likeness (QED) is 0.536. The average molecular weight is 457 g/mol. The summed E-state index contributed by atoms with van der Waals surface area (Å²) >= 11 is 7.31. The summed E-state index contributed by atoms with van der Waals surface area (Å²) in [5.74, 6) is -1.42. The maximum absolute atomic E-state index is 13.4.